The van der Waals surface area contributed by atoms with Crippen molar-refractivity contribution in [3.8, 4) is 5.75 Å². The Morgan fingerprint density at radius 3 is 2.86 bits per heavy atom. The van der Waals surface area contributed by atoms with Gasteiger partial charge in [-0.15, -0.1) is 0 Å². The summed E-state index contributed by atoms with van der Waals surface area (Å²) in [7, 11) is 1.61. The van der Waals surface area contributed by atoms with Gasteiger partial charge >= 0.3 is 5.97 Å². The van der Waals surface area contributed by atoms with Crippen LogP contribution in [0, 0.1) is 0 Å². The summed E-state index contributed by atoms with van der Waals surface area (Å²) in [5.74, 6) is 0.410. The monoisotopic (exact) mass is 292 g/mol. The molecule has 0 unspecified atom stereocenters. The van der Waals surface area contributed by atoms with E-state index < -0.39 is 0 Å². The molecule has 0 aromatic heterocycles. The summed E-state index contributed by atoms with van der Waals surface area (Å²) in [5.41, 5.74) is 0.857. The third-order valence-electron chi connectivity index (χ3n) is 3.44. The van der Waals surface area contributed by atoms with E-state index in [2.05, 4.69) is 0 Å². The van der Waals surface area contributed by atoms with Gasteiger partial charge in [0.15, 0.2) is 0 Å². The van der Waals surface area contributed by atoms with Crippen LogP contribution < -0.4 is 9.64 Å². The number of nitrogens with one attached hydrogen (secondary N) is 1. The lowest BCUT2D eigenvalue weighted by Gasteiger charge is -2.23. The number of ether oxygens (including phenoxy) is 3. The molecule has 21 heavy (non-hydrogen) atoms. The zero-order valence-corrected chi connectivity index (χ0v) is 12.3. The molecule has 0 atom stereocenters. The van der Waals surface area contributed by atoms with E-state index in [1.54, 1.807) is 13.2 Å². The van der Waals surface area contributed by atoms with Crippen molar-refractivity contribution in [1.82, 2.24) is 0 Å². The zero-order chi connectivity index (χ0) is 14.9. The summed E-state index contributed by atoms with van der Waals surface area (Å²) in [6.45, 7) is 4.80. The first-order valence-electron chi connectivity index (χ1n) is 7.19. The van der Waals surface area contributed by atoms with Crippen LogP contribution in [0.25, 0.3) is 6.08 Å². The summed E-state index contributed by atoms with van der Waals surface area (Å²) in [4.78, 5) is 13.1. The average molecular weight is 292 g/mol. The van der Waals surface area contributed by atoms with Crippen LogP contribution in [0.3, 0.4) is 0 Å². The molecule has 2 rings (SSSR count). The first kappa shape index (κ1) is 15.5. The average Bonchev–Trinajstić information content (AvgIpc) is 2.54. The summed E-state index contributed by atoms with van der Waals surface area (Å²) in [5, 5.41) is 0. The Labute approximate surface area is 125 Å². The maximum absolute atomic E-state index is 11.7. The van der Waals surface area contributed by atoms with Crippen molar-refractivity contribution in [1.29, 1.82) is 0 Å². The number of rotatable bonds is 6. The minimum atomic E-state index is -0.325. The highest BCUT2D eigenvalue weighted by Crippen LogP contribution is 2.18. The first-order chi connectivity index (χ1) is 10.3. The molecule has 1 aliphatic heterocycles. The molecule has 1 saturated heterocycles. The Morgan fingerprint density at radius 1 is 1.33 bits per heavy atom. The van der Waals surface area contributed by atoms with E-state index in [9.17, 15) is 4.79 Å². The first-order valence-corrected chi connectivity index (χ1v) is 7.19. The van der Waals surface area contributed by atoms with Gasteiger partial charge in [-0.2, -0.15) is 0 Å². The van der Waals surface area contributed by atoms with Gasteiger partial charge in [0, 0.05) is 11.6 Å². The van der Waals surface area contributed by atoms with E-state index in [1.165, 1.54) is 11.0 Å². The van der Waals surface area contributed by atoms with Gasteiger partial charge in [0.25, 0.3) is 0 Å². The van der Waals surface area contributed by atoms with E-state index in [0.29, 0.717) is 6.61 Å². The Balaban J connectivity index is 1.74. The number of benzene rings is 1. The topological polar surface area (TPSA) is 49.2 Å². The number of morpholine rings is 1. The fourth-order valence-corrected chi connectivity index (χ4v) is 2.22. The standard InChI is InChI=1S/C16H21NO4/c1-19-15-5-3-2-4-14(15)6-7-16(18)21-13-10-17-8-11-20-12-9-17/h2-7H,8-13H2,1H3/p+1/b7-6+. The quantitative estimate of drug-likeness (QED) is 0.600. The van der Waals surface area contributed by atoms with Crippen molar-refractivity contribution in [3.05, 3.63) is 35.9 Å². The number of hydrogen-bond acceptors (Lipinski definition) is 4. The van der Waals surface area contributed by atoms with E-state index in [-0.39, 0.29) is 5.97 Å². The predicted octanol–water partition coefficient (Wildman–Crippen LogP) is 0.167. The number of methoxy groups -OCH3 is 1. The molecule has 1 aromatic carbocycles. The molecule has 114 valence electrons. The molecule has 1 fully saturated rings. The predicted molar refractivity (Wildman–Crippen MR) is 79.4 cm³/mol. The number of carbonyl (C=O) groups is 1. The molecule has 0 aliphatic carbocycles. The molecular weight excluding hydrogens is 270 g/mol. The molecule has 1 aliphatic rings. The number of hydrogen-bond donors (Lipinski definition) is 1. The summed E-state index contributed by atoms with van der Waals surface area (Å²) < 4.78 is 15.7. The molecule has 1 aromatic rings. The lowest BCUT2D eigenvalue weighted by atomic mass is 10.2. The maximum atomic E-state index is 11.7. The van der Waals surface area contributed by atoms with Crippen LogP contribution in [0.15, 0.2) is 30.3 Å². The number of esters is 1. The molecule has 5 heteroatoms. The van der Waals surface area contributed by atoms with Crippen molar-refractivity contribution >= 4 is 12.0 Å². The van der Waals surface area contributed by atoms with Crippen LogP contribution in [0.1, 0.15) is 5.56 Å². The van der Waals surface area contributed by atoms with Gasteiger partial charge in [0.05, 0.1) is 20.3 Å². The molecule has 0 bridgehead atoms. The lowest BCUT2D eigenvalue weighted by molar-refractivity contribution is -0.908. The fraction of sp³-hybridized carbons (Fsp3) is 0.438. The van der Waals surface area contributed by atoms with E-state index in [0.717, 1.165) is 44.2 Å². The normalized spacial score (nSPS) is 16.0. The second-order valence-corrected chi connectivity index (χ2v) is 4.86. The largest absolute Gasteiger partial charge is 0.496 e. The van der Waals surface area contributed by atoms with E-state index in [4.69, 9.17) is 14.2 Å². The third kappa shape index (κ3) is 5.21. The molecular formula is C16H22NO4+. The third-order valence-corrected chi connectivity index (χ3v) is 3.44. The van der Waals surface area contributed by atoms with Crippen LogP contribution in [0.4, 0.5) is 0 Å². The molecule has 0 radical (unpaired) electrons. The SMILES string of the molecule is COc1ccccc1/C=C/C(=O)OCC[NH+]1CCOCC1. The number of para-hydroxylation sites is 1. The smallest absolute Gasteiger partial charge is 0.330 e. The van der Waals surface area contributed by atoms with Crippen molar-refractivity contribution < 1.29 is 23.9 Å². The van der Waals surface area contributed by atoms with Gasteiger partial charge in [0.1, 0.15) is 32.0 Å². The number of quaternary nitrogens is 1. The van der Waals surface area contributed by atoms with Gasteiger partial charge in [-0.25, -0.2) is 4.79 Å². The van der Waals surface area contributed by atoms with Crippen LogP contribution in [0.2, 0.25) is 0 Å². The lowest BCUT2D eigenvalue weighted by Crippen LogP contribution is -3.14. The maximum Gasteiger partial charge on any atom is 0.330 e. The van der Waals surface area contributed by atoms with E-state index >= 15 is 0 Å². The fourth-order valence-electron chi connectivity index (χ4n) is 2.22. The Kier molecular flexibility index (Phi) is 6.24. The van der Waals surface area contributed by atoms with Crippen molar-refractivity contribution in [2.24, 2.45) is 0 Å². The van der Waals surface area contributed by atoms with Crippen LogP contribution in [0.5, 0.6) is 5.75 Å². The van der Waals surface area contributed by atoms with Crippen molar-refractivity contribution in [2.75, 3.05) is 46.6 Å². The summed E-state index contributed by atoms with van der Waals surface area (Å²) >= 11 is 0. The van der Waals surface area contributed by atoms with Crippen LogP contribution in [-0.2, 0) is 14.3 Å². The second kappa shape index (κ2) is 8.44. The molecule has 1 heterocycles. The minimum absolute atomic E-state index is 0.325. The zero-order valence-electron chi connectivity index (χ0n) is 12.3. The highest BCUT2D eigenvalue weighted by molar-refractivity contribution is 5.87. The van der Waals surface area contributed by atoms with Gasteiger partial charge in [-0.05, 0) is 12.1 Å². The van der Waals surface area contributed by atoms with Crippen LogP contribution in [-0.4, -0.2) is 52.5 Å². The molecule has 0 amide bonds. The highest BCUT2D eigenvalue weighted by atomic mass is 16.5. The molecule has 0 spiro atoms. The van der Waals surface area contributed by atoms with Gasteiger partial charge < -0.3 is 19.1 Å². The van der Waals surface area contributed by atoms with Crippen molar-refractivity contribution in [3.63, 3.8) is 0 Å². The molecule has 0 saturated carbocycles. The van der Waals surface area contributed by atoms with Gasteiger partial charge in [-0.3, -0.25) is 0 Å². The molecule has 1 N–H and O–H groups in total. The Morgan fingerprint density at radius 2 is 2.10 bits per heavy atom. The Hall–Kier alpha value is -1.85. The van der Waals surface area contributed by atoms with Crippen LogP contribution >= 0.6 is 0 Å². The molecule has 5 nitrogen and oxygen atoms in total. The summed E-state index contributed by atoms with van der Waals surface area (Å²) in [6, 6.07) is 7.53. The Bertz CT molecular complexity index is 481. The minimum Gasteiger partial charge on any atom is -0.496 e. The second-order valence-electron chi connectivity index (χ2n) is 4.86. The number of carbonyl (C=O) groups excluding carboxylic acids is 1. The van der Waals surface area contributed by atoms with Gasteiger partial charge in [0.2, 0.25) is 0 Å². The summed E-state index contributed by atoms with van der Waals surface area (Å²) in [6.07, 6.45) is 3.15. The van der Waals surface area contributed by atoms with E-state index in [1.807, 2.05) is 24.3 Å². The highest BCUT2D eigenvalue weighted by Gasteiger charge is 2.13. The van der Waals surface area contributed by atoms with Gasteiger partial charge in [-0.1, -0.05) is 18.2 Å². The van der Waals surface area contributed by atoms with Crippen molar-refractivity contribution in [2.45, 2.75) is 0 Å².